The van der Waals surface area contributed by atoms with E-state index in [0.29, 0.717) is 6.54 Å². The highest BCUT2D eigenvalue weighted by atomic mass is 19.1. The van der Waals surface area contributed by atoms with Crippen molar-refractivity contribution in [3.8, 4) is 0 Å². The molecular formula is C10H10FN5. The number of nitrogens with zero attached hydrogens (tertiary/aromatic N) is 5. The van der Waals surface area contributed by atoms with Crippen molar-refractivity contribution < 1.29 is 4.39 Å². The van der Waals surface area contributed by atoms with Gasteiger partial charge in [-0.1, -0.05) is 12.0 Å². The summed E-state index contributed by atoms with van der Waals surface area (Å²) in [6.45, 7) is 2.29. The molecule has 2 rings (SSSR count). The second-order valence-corrected chi connectivity index (χ2v) is 3.58. The lowest BCUT2D eigenvalue weighted by atomic mass is 10.2. The molecule has 0 spiro atoms. The molecule has 1 aromatic carbocycles. The molecule has 0 fully saturated rings. The molecular weight excluding hydrogens is 209 g/mol. The molecule has 1 aromatic heterocycles. The van der Waals surface area contributed by atoms with E-state index in [-0.39, 0.29) is 11.9 Å². The first kappa shape index (κ1) is 10.4. The van der Waals surface area contributed by atoms with Gasteiger partial charge >= 0.3 is 0 Å². The zero-order valence-electron chi connectivity index (χ0n) is 8.71. The van der Waals surface area contributed by atoms with Crippen LogP contribution >= 0.6 is 0 Å². The summed E-state index contributed by atoms with van der Waals surface area (Å²) in [5.41, 5.74) is 9.13. The summed E-state index contributed by atoms with van der Waals surface area (Å²) >= 11 is 0. The van der Waals surface area contributed by atoms with Crippen LogP contribution in [-0.2, 0) is 6.54 Å². The van der Waals surface area contributed by atoms with E-state index in [4.69, 9.17) is 5.53 Å². The van der Waals surface area contributed by atoms with Crippen molar-refractivity contribution in [3.63, 3.8) is 0 Å². The molecule has 0 aliphatic carbocycles. The Morgan fingerprint density at radius 2 is 2.44 bits per heavy atom. The van der Waals surface area contributed by atoms with Gasteiger partial charge < -0.3 is 0 Å². The van der Waals surface area contributed by atoms with Crippen LogP contribution < -0.4 is 0 Å². The topological polar surface area (TPSA) is 66.6 Å². The molecule has 0 saturated carbocycles. The molecule has 0 amide bonds. The number of fused-ring (bicyclic) bond motifs is 1. The van der Waals surface area contributed by atoms with Crippen LogP contribution in [0, 0.1) is 5.82 Å². The van der Waals surface area contributed by atoms with Gasteiger partial charge in [0.2, 0.25) is 0 Å². The van der Waals surface area contributed by atoms with Crippen molar-refractivity contribution in [1.29, 1.82) is 0 Å². The van der Waals surface area contributed by atoms with Crippen molar-refractivity contribution in [2.75, 3.05) is 0 Å². The smallest absolute Gasteiger partial charge is 0.124 e. The van der Waals surface area contributed by atoms with E-state index in [0.717, 1.165) is 10.9 Å². The average Bonchev–Trinajstić information content (AvgIpc) is 2.61. The molecule has 2 aromatic rings. The standard InChI is InChI=1S/C10H10FN5/c1-7(14-15-12)6-16-10-3-2-9(11)4-8(10)5-13-16/h2-5,7H,6H2,1H3/t7-/m0/s1. The highest BCUT2D eigenvalue weighted by Crippen LogP contribution is 2.15. The van der Waals surface area contributed by atoms with Gasteiger partial charge in [0.1, 0.15) is 5.82 Å². The van der Waals surface area contributed by atoms with Crippen molar-refractivity contribution in [1.82, 2.24) is 9.78 Å². The summed E-state index contributed by atoms with van der Waals surface area (Å²) < 4.78 is 14.6. The zero-order valence-corrected chi connectivity index (χ0v) is 8.71. The van der Waals surface area contributed by atoms with E-state index in [1.165, 1.54) is 12.1 Å². The maximum atomic E-state index is 12.9. The summed E-state index contributed by atoms with van der Waals surface area (Å²) in [4.78, 5) is 2.73. The van der Waals surface area contributed by atoms with Gasteiger partial charge in [0.05, 0.1) is 17.8 Å². The third kappa shape index (κ3) is 1.97. The van der Waals surface area contributed by atoms with Crippen LogP contribution in [0.2, 0.25) is 0 Å². The van der Waals surface area contributed by atoms with Crippen LogP contribution in [-0.4, -0.2) is 15.8 Å². The second-order valence-electron chi connectivity index (χ2n) is 3.58. The summed E-state index contributed by atoms with van der Waals surface area (Å²) in [5, 5.41) is 8.44. The third-order valence-electron chi connectivity index (χ3n) is 2.29. The minimum absolute atomic E-state index is 0.182. The molecule has 0 aliphatic heterocycles. The van der Waals surface area contributed by atoms with E-state index in [9.17, 15) is 4.39 Å². The molecule has 82 valence electrons. The third-order valence-corrected chi connectivity index (χ3v) is 2.29. The number of benzene rings is 1. The molecule has 0 N–H and O–H groups in total. The lowest BCUT2D eigenvalue weighted by Gasteiger charge is -2.05. The molecule has 1 heterocycles. The van der Waals surface area contributed by atoms with E-state index < -0.39 is 0 Å². The van der Waals surface area contributed by atoms with Gasteiger partial charge in [-0.15, -0.1) is 0 Å². The average molecular weight is 219 g/mol. The Hall–Kier alpha value is -2.07. The Balaban J connectivity index is 2.35. The van der Waals surface area contributed by atoms with Crippen molar-refractivity contribution >= 4 is 10.9 Å². The molecule has 5 nitrogen and oxygen atoms in total. The first-order valence-electron chi connectivity index (χ1n) is 4.86. The Bertz CT molecular complexity index is 555. The zero-order chi connectivity index (χ0) is 11.5. The summed E-state index contributed by atoms with van der Waals surface area (Å²) in [6.07, 6.45) is 1.60. The molecule has 0 unspecified atom stereocenters. The van der Waals surface area contributed by atoms with Crippen molar-refractivity contribution in [2.24, 2.45) is 5.11 Å². The summed E-state index contributed by atoms with van der Waals surface area (Å²) in [5.74, 6) is -0.282. The lowest BCUT2D eigenvalue weighted by molar-refractivity contribution is 0.551. The number of aromatic nitrogens is 2. The maximum absolute atomic E-state index is 12.9. The van der Waals surface area contributed by atoms with Gasteiger partial charge in [-0.2, -0.15) is 5.10 Å². The predicted molar refractivity (Wildman–Crippen MR) is 58.3 cm³/mol. The molecule has 1 atom stereocenters. The van der Waals surface area contributed by atoms with Gasteiger partial charge in [-0.05, 0) is 23.7 Å². The van der Waals surface area contributed by atoms with Gasteiger partial charge in [0.25, 0.3) is 0 Å². The molecule has 0 radical (unpaired) electrons. The van der Waals surface area contributed by atoms with Crippen LogP contribution in [0.1, 0.15) is 6.92 Å². The molecule has 0 bridgehead atoms. The summed E-state index contributed by atoms with van der Waals surface area (Å²) in [7, 11) is 0. The van der Waals surface area contributed by atoms with E-state index in [2.05, 4.69) is 15.1 Å². The molecule has 6 heteroatoms. The normalized spacial score (nSPS) is 12.4. The SMILES string of the molecule is C[C@@H](Cn1ncc2cc(F)ccc21)N=[N+]=[N-]. The Kier molecular flexibility index (Phi) is 2.74. The van der Waals surface area contributed by atoms with Crippen LogP contribution in [0.15, 0.2) is 29.5 Å². The fraction of sp³-hybridized carbons (Fsp3) is 0.300. The van der Waals surface area contributed by atoms with Crippen molar-refractivity contribution in [3.05, 3.63) is 40.7 Å². The highest BCUT2D eigenvalue weighted by Gasteiger charge is 2.06. The first-order valence-corrected chi connectivity index (χ1v) is 4.86. The lowest BCUT2D eigenvalue weighted by Crippen LogP contribution is -2.10. The van der Waals surface area contributed by atoms with Gasteiger partial charge in [0, 0.05) is 16.8 Å². The number of halogens is 1. The largest absolute Gasteiger partial charge is 0.264 e. The van der Waals surface area contributed by atoms with Crippen molar-refractivity contribution in [2.45, 2.75) is 19.5 Å². The van der Waals surface area contributed by atoms with E-state index in [1.54, 1.807) is 23.9 Å². The Labute approximate surface area is 91.1 Å². The number of hydrogen-bond donors (Lipinski definition) is 0. The number of hydrogen-bond acceptors (Lipinski definition) is 2. The fourth-order valence-electron chi connectivity index (χ4n) is 1.58. The molecule has 0 aliphatic rings. The van der Waals surface area contributed by atoms with Gasteiger partial charge in [-0.25, -0.2) is 4.39 Å². The minimum atomic E-state index is -0.282. The predicted octanol–water partition coefficient (Wildman–Crippen LogP) is 2.87. The van der Waals surface area contributed by atoms with Gasteiger partial charge in [0.15, 0.2) is 0 Å². The van der Waals surface area contributed by atoms with Crippen LogP contribution in [0.3, 0.4) is 0 Å². The number of azide groups is 1. The van der Waals surface area contributed by atoms with E-state index in [1.807, 2.05) is 0 Å². The number of rotatable bonds is 3. The quantitative estimate of drug-likeness (QED) is 0.444. The second kappa shape index (κ2) is 4.20. The summed E-state index contributed by atoms with van der Waals surface area (Å²) in [6, 6.07) is 4.30. The highest BCUT2D eigenvalue weighted by molar-refractivity contribution is 5.78. The van der Waals surface area contributed by atoms with Crippen LogP contribution in [0.4, 0.5) is 4.39 Å². The minimum Gasteiger partial charge on any atom is -0.264 e. The Morgan fingerprint density at radius 1 is 1.62 bits per heavy atom. The van der Waals surface area contributed by atoms with Crippen LogP contribution in [0.5, 0.6) is 0 Å². The molecule has 16 heavy (non-hydrogen) atoms. The Morgan fingerprint density at radius 3 is 3.19 bits per heavy atom. The van der Waals surface area contributed by atoms with Crippen LogP contribution in [0.25, 0.3) is 21.3 Å². The maximum Gasteiger partial charge on any atom is 0.124 e. The monoisotopic (exact) mass is 219 g/mol. The molecule has 0 saturated heterocycles. The first-order chi connectivity index (χ1) is 7.70. The van der Waals surface area contributed by atoms with Gasteiger partial charge in [-0.3, -0.25) is 4.68 Å². The van der Waals surface area contributed by atoms with E-state index >= 15 is 0 Å². The fourth-order valence-corrected chi connectivity index (χ4v) is 1.58.